The molecule has 0 aliphatic carbocycles. The summed E-state index contributed by atoms with van der Waals surface area (Å²) in [6.07, 6.45) is 6.56. The molecule has 0 aliphatic rings. The first kappa shape index (κ1) is 16.1. The molecule has 3 nitrogen and oxygen atoms in total. The van der Waals surface area contributed by atoms with Crippen molar-refractivity contribution in [3.8, 4) is 0 Å². The van der Waals surface area contributed by atoms with Gasteiger partial charge in [0.25, 0.3) is 0 Å². The number of aromatic nitrogens is 1. The molecule has 0 saturated carbocycles. The largest absolute Gasteiger partial charge is 0.328 e. The van der Waals surface area contributed by atoms with Crippen molar-refractivity contribution in [2.45, 2.75) is 45.6 Å². The van der Waals surface area contributed by atoms with Crippen LogP contribution in [0, 0.1) is 5.92 Å². The average molecular weight is 263 g/mol. The van der Waals surface area contributed by atoms with Crippen molar-refractivity contribution in [3.05, 3.63) is 30.1 Å². The molecule has 0 fully saturated rings. The fourth-order valence-electron chi connectivity index (χ4n) is 2.35. The van der Waals surface area contributed by atoms with Crippen molar-refractivity contribution in [2.75, 3.05) is 20.1 Å². The molecule has 2 atom stereocenters. The minimum Gasteiger partial charge on any atom is -0.328 e. The van der Waals surface area contributed by atoms with E-state index in [9.17, 15) is 0 Å². The van der Waals surface area contributed by atoms with Crippen molar-refractivity contribution < 1.29 is 0 Å². The average Bonchev–Trinajstić information content (AvgIpc) is 2.37. The monoisotopic (exact) mass is 263 g/mol. The van der Waals surface area contributed by atoms with E-state index in [1.54, 1.807) is 0 Å². The highest BCUT2D eigenvalue weighted by molar-refractivity contribution is 5.03. The van der Waals surface area contributed by atoms with Gasteiger partial charge >= 0.3 is 0 Å². The Bertz CT molecular complexity index is 324. The van der Waals surface area contributed by atoms with E-state index in [2.05, 4.69) is 42.9 Å². The van der Waals surface area contributed by atoms with E-state index in [0.29, 0.717) is 6.04 Å². The number of nitrogens with two attached hydrogens (primary N) is 1. The van der Waals surface area contributed by atoms with Gasteiger partial charge in [-0.25, -0.2) is 0 Å². The standard InChI is InChI=1S/C16H29N3/c1-14(7-6-8-15(2)17)13-19(3)12-10-16-9-4-5-11-18-16/h4-5,9,11,14-15H,6-8,10,12-13,17H2,1-3H3. The first-order valence-corrected chi connectivity index (χ1v) is 7.42. The van der Waals surface area contributed by atoms with Crippen LogP contribution < -0.4 is 5.73 Å². The van der Waals surface area contributed by atoms with E-state index in [-0.39, 0.29) is 0 Å². The molecule has 1 aromatic rings. The summed E-state index contributed by atoms with van der Waals surface area (Å²) in [5.41, 5.74) is 6.95. The Morgan fingerprint density at radius 1 is 1.26 bits per heavy atom. The van der Waals surface area contributed by atoms with E-state index in [4.69, 9.17) is 5.73 Å². The predicted molar refractivity (Wildman–Crippen MR) is 82.1 cm³/mol. The Morgan fingerprint density at radius 3 is 2.68 bits per heavy atom. The van der Waals surface area contributed by atoms with Gasteiger partial charge in [0.15, 0.2) is 0 Å². The Balaban J connectivity index is 2.14. The van der Waals surface area contributed by atoms with Gasteiger partial charge in [0.2, 0.25) is 0 Å². The molecule has 108 valence electrons. The summed E-state index contributed by atoms with van der Waals surface area (Å²) in [5, 5.41) is 0. The summed E-state index contributed by atoms with van der Waals surface area (Å²) in [5.74, 6) is 0.743. The molecule has 0 aromatic carbocycles. The van der Waals surface area contributed by atoms with Crippen molar-refractivity contribution >= 4 is 0 Å². The highest BCUT2D eigenvalue weighted by Crippen LogP contribution is 2.10. The highest BCUT2D eigenvalue weighted by Gasteiger charge is 2.07. The molecule has 0 saturated heterocycles. The zero-order valence-electron chi connectivity index (χ0n) is 12.7. The molecule has 2 unspecified atom stereocenters. The predicted octanol–water partition coefficient (Wildman–Crippen LogP) is 2.71. The molecule has 2 N–H and O–H groups in total. The van der Waals surface area contributed by atoms with Gasteiger partial charge in [-0.3, -0.25) is 4.98 Å². The topological polar surface area (TPSA) is 42.1 Å². The Hall–Kier alpha value is -0.930. The molecule has 1 aromatic heterocycles. The number of likely N-dealkylation sites (N-methyl/N-ethyl adjacent to an activating group) is 1. The molecule has 0 radical (unpaired) electrons. The van der Waals surface area contributed by atoms with Crippen LogP contribution in [-0.4, -0.2) is 36.1 Å². The van der Waals surface area contributed by atoms with Crippen LogP contribution in [0.25, 0.3) is 0 Å². The highest BCUT2D eigenvalue weighted by atomic mass is 15.1. The Labute approximate surface area is 118 Å². The summed E-state index contributed by atoms with van der Waals surface area (Å²) in [7, 11) is 2.20. The molecule has 19 heavy (non-hydrogen) atoms. The lowest BCUT2D eigenvalue weighted by Gasteiger charge is -2.21. The van der Waals surface area contributed by atoms with Crippen molar-refractivity contribution in [1.82, 2.24) is 9.88 Å². The van der Waals surface area contributed by atoms with Crippen LogP contribution in [-0.2, 0) is 6.42 Å². The smallest absolute Gasteiger partial charge is 0.0416 e. The molecular formula is C16H29N3. The van der Waals surface area contributed by atoms with E-state index in [0.717, 1.165) is 31.8 Å². The molecular weight excluding hydrogens is 234 g/mol. The van der Waals surface area contributed by atoms with Gasteiger partial charge in [-0.15, -0.1) is 0 Å². The van der Waals surface area contributed by atoms with Crippen LogP contribution in [0.2, 0.25) is 0 Å². The minimum absolute atomic E-state index is 0.342. The second-order valence-corrected chi connectivity index (χ2v) is 5.85. The van der Waals surface area contributed by atoms with Gasteiger partial charge in [-0.1, -0.05) is 19.4 Å². The number of hydrogen-bond acceptors (Lipinski definition) is 3. The Morgan fingerprint density at radius 2 is 2.05 bits per heavy atom. The van der Waals surface area contributed by atoms with E-state index >= 15 is 0 Å². The second kappa shape index (κ2) is 9.05. The third kappa shape index (κ3) is 7.96. The fraction of sp³-hybridized carbons (Fsp3) is 0.688. The maximum absolute atomic E-state index is 5.77. The lowest BCUT2D eigenvalue weighted by atomic mass is 10.0. The molecule has 0 bridgehead atoms. The normalized spacial score (nSPS) is 14.6. The van der Waals surface area contributed by atoms with Crippen LogP contribution >= 0.6 is 0 Å². The minimum atomic E-state index is 0.342. The van der Waals surface area contributed by atoms with Crippen LogP contribution in [0.15, 0.2) is 24.4 Å². The molecule has 0 amide bonds. The van der Waals surface area contributed by atoms with Crippen molar-refractivity contribution in [3.63, 3.8) is 0 Å². The number of pyridine rings is 1. The van der Waals surface area contributed by atoms with Gasteiger partial charge in [-0.05, 0) is 44.9 Å². The summed E-state index contributed by atoms with van der Waals surface area (Å²) in [6, 6.07) is 6.46. The van der Waals surface area contributed by atoms with Crippen LogP contribution in [0.3, 0.4) is 0 Å². The summed E-state index contributed by atoms with van der Waals surface area (Å²) in [6.45, 7) is 6.66. The summed E-state index contributed by atoms with van der Waals surface area (Å²) >= 11 is 0. The summed E-state index contributed by atoms with van der Waals surface area (Å²) < 4.78 is 0. The molecule has 0 aliphatic heterocycles. The van der Waals surface area contributed by atoms with Crippen LogP contribution in [0.5, 0.6) is 0 Å². The van der Waals surface area contributed by atoms with Crippen molar-refractivity contribution in [1.29, 1.82) is 0 Å². The second-order valence-electron chi connectivity index (χ2n) is 5.85. The van der Waals surface area contributed by atoms with Gasteiger partial charge in [0.1, 0.15) is 0 Å². The number of hydrogen-bond donors (Lipinski definition) is 1. The van der Waals surface area contributed by atoms with Crippen LogP contribution in [0.4, 0.5) is 0 Å². The molecule has 1 rings (SSSR count). The maximum Gasteiger partial charge on any atom is 0.0416 e. The van der Waals surface area contributed by atoms with Gasteiger partial charge < -0.3 is 10.6 Å². The van der Waals surface area contributed by atoms with E-state index in [1.807, 2.05) is 12.3 Å². The van der Waals surface area contributed by atoms with Crippen molar-refractivity contribution in [2.24, 2.45) is 11.7 Å². The quantitative estimate of drug-likeness (QED) is 0.745. The lowest BCUT2D eigenvalue weighted by Crippen LogP contribution is -2.27. The first-order valence-electron chi connectivity index (χ1n) is 7.42. The van der Waals surface area contributed by atoms with E-state index in [1.165, 1.54) is 18.5 Å². The van der Waals surface area contributed by atoms with E-state index < -0.39 is 0 Å². The first-order chi connectivity index (χ1) is 9.08. The van der Waals surface area contributed by atoms with Gasteiger partial charge in [0.05, 0.1) is 0 Å². The SMILES string of the molecule is CC(N)CCCC(C)CN(C)CCc1ccccn1. The molecule has 0 spiro atoms. The third-order valence-corrected chi connectivity index (χ3v) is 3.46. The molecule has 3 heteroatoms. The van der Waals surface area contributed by atoms with Gasteiger partial charge in [-0.2, -0.15) is 0 Å². The fourth-order valence-corrected chi connectivity index (χ4v) is 2.35. The summed E-state index contributed by atoms with van der Waals surface area (Å²) in [4.78, 5) is 6.77. The number of nitrogens with zero attached hydrogens (tertiary/aromatic N) is 2. The maximum atomic E-state index is 5.77. The number of rotatable bonds is 9. The van der Waals surface area contributed by atoms with Crippen LogP contribution in [0.1, 0.15) is 38.8 Å². The Kier molecular flexibility index (Phi) is 7.68. The molecule has 1 heterocycles. The zero-order valence-corrected chi connectivity index (χ0v) is 12.7. The third-order valence-electron chi connectivity index (χ3n) is 3.46. The van der Waals surface area contributed by atoms with Gasteiger partial charge in [0, 0.05) is 37.4 Å². The zero-order chi connectivity index (χ0) is 14.1. The lowest BCUT2D eigenvalue weighted by molar-refractivity contribution is 0.276.